The van der Waals surface area contributed by atoms with E-state index >= 15 is 0 Å². The molecular weight excluding hydrogens is 479 g/mol. The summed E-state index contributed by atoms with van der Waals surface area (Å²) in [7, 11) is 0. The van der Waals surface area contributed by atoms with Gasteiger partial charge in [0.2, 0.25) is 3.79 Å². The Kier molecular flexibility index (Phi) is 14.2. The van der Waals surface area contributed by atoms with Crippen LogP contribution in [0.25, 0.3) is 0 Å². The molecule has 1 atom stereocenters. The Hall–Kier alpha value is -1.83. The smallest absolute Gasteiger partial charge is 0.338 e. The van der Waals surface area contributed by atoms with E-state index in [1.807, 2.05) is 48.5 Å². The lowest BCUT2D eigenvalue weighted by Crippen LogP contribution is -2.35. The molecule has 32 heavy (non-hydrogen) atoms. The highest BCUT2D eigenvalue weighted by atomic mass is 35.6. The van der Waals surface area contributed by atoms with E-state index < -0.39 is 21.5 Å². The number of hydrogen-bond donors (Lipinski definition) is 2. The maximum Gasteiger partial charge on any atom is 0.338 e. The maximum atomic E-state index is 11.6. The fourth-order valence-electron chi connectivity index (χ4n) is 1.64. The third kappa shape index (κ3) is 13.6. The topological polar surface area (TPSA) is 93.1 Å². The third-order valence-corrected chi connectivity index (χ3v) is 4.93. The van der Waals surface area contributed by atoms with Crippen molar-refractivity contribution in [3.63, 3.8) is 0 Å². The molecule has 1 unspecified atom stereocenters. The van der Waals surface area contributed by atoms with Gasteiger partial charge in [-0.25, -0.2) is 9.59 Å². The van der Waals surface area contributed by atoms with Gasteiger partial charge in [0, 0.05) is 0 Å². The Balaban J connectivity index is 0.000000510. The van der Waals surface area contributed by atoms with Crippen LogP contribution in [0, 0.1) is 0 Å². The Bertz CT molecular complexity index is 773. The van der Waals surface area contributed by atoms with Crippen LogP contribution >= 0.6 is 34.8 Å². The molecule has 0 saturated heterocycles. The zero-order valence-corrected chi connectivity index (χ0v) is 20.7. The molecule has 0 heterocycles. The van der Waals surface area contributed by atoms with E-state index in [1.165, 1.54) is 20.8 Å². The molecule has 0 aliphatic rings. The van der Waals surface area contributed by atoms with Crippen molar-refractivity contribution in [1.29, 1.82) is 0 Å². The Morgan fingerprint density at radius 3 is 1.72 bits per heavy atom. The van der Waals surface area contributed by atoms with Crippen molar-refractivity contribution in [3.05, 3.63) is 71.8 Å². The summed E-state index contributed by atoms with van der Waals surface area (Å²) in [5, 5.41) is 17.4. The Labute approximate surface area is 204 Å². The molecule has 2 aromatic carbocycles. The highest BCUT2D eigenvalue weighted by Crippen LogP contribution is 2.37. The molecule has 0 amide bonds. The average molecular weight is 508 g/mol. The van der Waals surface area contributed by atoms with Crippen LogP contribution in [0.4, 0.5) is 0 Å². The lowest BCUT2D eigenvalue weighted by molar-refractivity contribution is -0.151. The van der Waals surface area contributed by atoms with E-state index in [4.69, 9.17) is 49.8 Å². The number of halogens is 3. The van der Waals surface area contributed by atoms with Gasteiger partial charge in [0.05, 0.1) is 12.2 Å². The summed E-state index contributed by atoms with van der Waals surface area (Å²) in [6, 6.07) is 18.6. The number of esters is 2. The quantitative estimate of drug-likeness (QED) is 0.432. The Morgan fingerprint density at radius 1 is 0.938 bits per heavy atom. The molecule has 9 heteroatoms. The van der Waals surface area contributed by atoms with Crippen molar-refractivity contribution in [2.24, 2.45) is 0 Å². The van der Waals surface area contributed by atoms with Gasteiger partial charge in [-0.3, -0.25) is 0 Å². The van der Waals surface area contributed by atoms with Crippen molar-refractivity contribution in [3.8, 4) is 0 Å². The fourth-order valence-corrected chi connectivity index (χ4v) is 1.64. The van der Waals surface area contributed by atoms with E-state index in [-0.39, 0.29) is 5.97 Å². The Morgan fingerprint density at radius 2 is 1.38 bits per heavy atom. The zero-order chi connectivity index (χ0) is 24.8. The molecule has 0 bridgehead atoms. The van der Waals surface area contributed by atoms with Crippen LogP contribution in [0.15, 0.2) is 60.7 Å². The monoisotopic (exact) mass is 506 g/mol. The number of hydrogen-bond acceptors (Lipinski definition) is 6. The fraction of sp³-hybridized carbons (Fsp3) is 0.391. The zero-order valence-electron chi connectivity index (χ0n) is 18.4. The van der Waals surface area contributed by atoms with Gasteiger partial charge < -0.3 is 19.7 Å². The molecule has 6 nitrogen and oxygen atoms in total. The first-order valence-electron chi connectivity index (χ1n) is 9.69. The number of alkyl halides is 3. The van der Waals surface area contributed by atoms with Crippen LogP contribution < -0.4 is 0 Å². The van der Waals surface area contributed by atoms with Crippen LogP contribution in [0.2, 0.25) is 0 Å². The van der Waals surface area contributed by atoms with Crippen LogP contribution in [-0.2, 0) is 20.9 Å². The molecular formula is C23H29Cl3O6. The first-order valence-corrected chi connectivity index (χ1v) is 10.8. The number of rotatable bonds is 5. The largest absolute Gasteiger partial charge is 0.464 e. The molecule has 2 N–H and O–H groups in total. The minimum absolute atomic E-state index is 0.288. The van der Waals surface area contributed by atoms with E-state index in [1.54, 1.807) is 19.1 Å². The number of ether oxygens (including phenoxy) is 2. The van der Waals surface area contributed by atoms with Crippen molar-refractivity contribution >= 4 is 46.7 Å². The van der Waals surface area contributed by atoms with Crippen LogP contribution in [0.5, 0.6) is 0 Å². The van der Waals surface area contributed by atoms with Crippen molar-refractivity contribution in [1.82, 2.24) is 0 Å². The molecule has 0 spiro atoms. The summed E-state index contributed by atoms with van der Waals surface area (Å²) in [4.78, 5) is 21.9. The van der Waals surface area contributed by atoms with Gasteiger partial charge in [-0.05, 0) is 45.4 Å². The minimum Gasteiger partial charge on any atom is -0.464 e. The molecule has 0 aromatic heterocycles. The molecule has 0 saturated carbocycles. The summed E-state index contributed by atoms with van der Waals surface area (Å²) >= 11 is 15.9. The molecule has 2 rings (SSSR count). The standard InChI is InChI=1S/C14H12O2.C5H10O3.C4H7Cl3O/c15-14(13-9-5-2-6-10-13)16-11-12-7-3-1-4-8-12;1-3-8-5(7)4(2)6;1-3(2,8)4(5,6)7/h1-10H,11H2;4,6H,3H2,1-2H3;8H,1-2H3. The summed E-state index contributed by atoms with van der Waals surface area (Å²) in [5.74, 6) is -0.850. The number of aliphatic hydroxyl groups excluding tert-OH is 1. The second-order valence-electron chi connectivity index (χ2n) is 6.91. The van der Waals surface area contributed by atoms with Crippen LogP contribution in [-0.4, -0.2) is 44.3 Å². The highest BCUT2D eigenvalue weighted by Gasteiger charge is 2.38. The average Bonchev–Trinajstić information content (AvgIpc) is 2.73. The van der Waals surface area contributed by atoms with Crippen molar-refractivity contribution < 1.29 is 29.3 Å². The number of carbonyl (C=O) groups excluding carboxylic acids is 2. The van der Waals surface area contributed by atoms with Crippen molar-refractivity contribution in [2.45, 2.75) is 49.8 Å². The van der Waals surface area contributed by atoms with Gasteiger partial charge >= 0.3 is 11.9 Å². The number of carbonyl (C=O) groups is 2. The molecule has 0 aliphatic heterocycles. The molecule has 0 radical (unpaired) electrons. The molecule has 0 fully saturated rings. The highest BCUT2D eigenvalue weighted by molar-refractivity contribution is 6.68. The molecule has 0 aliphatic carbocycles. The van der Waals surface area contributed by atoms with Gasteiger partial charge in [-0.2, -0.15) is 0 Å². The van der Waals surface area contributed by atoms with E-state index in [0.29, 0.717) is 18.8 Å². The maximum absolute atomic E-state index is 11.6. The molecule has 2 aromatic rings. The van der Waals surface area contributed by atoms with Gasteiger partial charge in [0.1, 0.15) is 18.3 Å². The van der Waals surface area contributed by atoms with Crippen molar-refractivity contribution in [2.75, 3.05) is 6.61 Å². The number of aliphatic hydroxyl groups is 2. The van der Waals surface area contributed by atoms with E-state index in [9.17, 15) is 9.59 Å². The molecule has 178 valence electrons. The van der Waals surface area contributed by atoms with Crippen LogP contribution in [0.3, 0.4) is 0 Å². The minimum atomic E-state index is -1.59. The van der Waals surface area contributed by atoms with Crippen LogP contribution in [0.1, 0.15) is 43.6 Å². The first-order chi connectivity index (χ1) is 14.8. The lowest BCUT2D eigenvalue weighted by Gasteiger charge is -2.25. The number of benzene rings is 2. The summed E-state index contributed by atoms with van der Waals surface area (Å²) in [6.45, 7) is 6.57. The first kappa shape index (κ1) is 30.2. The summed E-state index contributed by atoms with van der Waals surface area (Å²) in [6.07, 6.45) is -0.991. The van der Waals surface area contributed by atoms with E-state index in [0.717, 1.165) is 5.56 Å². The predicted molar refractivity (Wildman–Crippen MR) is 127 cm³/mol. The second-order valence-corrected chi connectivity index (χ2v) is 9.19. The third-order valence-electron chi connectivity index (χ3n) is 3.54. The normalized spacial score (nSPS) is 11.7. The summed E-state index contributed by atoms with van der Waals surface area (Å²) < 4.78 is 8.00. The second kappa shape index (κ2) is 15.1. The van der Waals surface area contributed by atoms with Gasteiger partial charge in [0.25, 0.3) is 0 Å². The van der Waals surface area contributed by atoms with E-state index in [2.05, 4.69) is 4.74 Å². The predicted octanol–water partition coefficient (Wildman–Crippen LogP) is 5.10. The lowest BCUT2D eigenvalue weighted by atomic mass is 10.2. The van der Waals surface area contributed by atoms with Gasteiger partial charge in [0.15, 0.2) is 0 Å². The van der Waals surface area contributed by atoms with Gasteiger partial charge in [-0.1, -0.05) is 83.3 Å². The SMILES string of the molecule is CC(C)(O)C(Cl)(Cl)Cl.CCOC(=O)C(C)O.O=C(OCc1ccccc1)c1ccccc1. The van der Waals surface area contributed by atoms with Gasteiger partial charge in [-0.15, -0.1) is 0 Å². The summed E-state index contributed by atoms with van der Waals surface area (Å²) in [5.41, 5.74) is 0.308.